The molecule has 1 aromatic carbocycles. The van der Waals surface area contributed by atoms with Gasteiger partial charge in [-0.15, -0.1) is 0 Å². The summed E-state index contributed by atoms with van der Waals surface area (Å²) in [5, 5.41) is 0.494. The molecule has 110 valence electrons. The number of benzene rings is 1. The van der Waals surface area contributed by atoms with E-state index in [0.29, 0.717) is 11.7 Å². The first kappa shape index (κ1) is 15.4. The Morgan fingerprint density at radius 1 is 1.40 bits per heavy atom. The monoisotopic (exact) mass is 292 g/mol. The highest BCUT2D eigenvalue weighted by molar-refractivity contribution is 8.00. The zero-order chi connectivity index (χ0) is 14.5. The molecule has 1 aromatic rings. The quantitative estimate of drug-likeness (QED) is 0.926. The molecule has 2 rings (SSSR count). The van der Waals surface area contributed by atoms with Gasteiger partial charge in [-0.05, 0) is 25.3 Å². The molecule has 20 heavy (non-hydrogen) atoms. The van der Waals surface area contributed by atoms with Crippen LogP contribution in [0.25, 0.3) is 0 Å². The average molecular weight is 292 g/mol. The Morgan fingerprint density at radius 3 is 2.80 bits per heavy atom. The molecule has 1 saturated heterocycles. The van der Waals surface area contributed by atoms with Crippen LogP contribution >= 0.6 is 11.8 Å². The molecule has 2 N–H and O–H groups in total. The summed E-state index contributed by atoms with van der Waals surface area (Å²) in [5.74, 6) is 1.13. The standard InChI is InChI=1S/C16H24N2OS/c1-12-13(2)20-11-10-18(12)16(19)15(17)9-8-14-6-4-3-5-7-14/h3-7,12-13,15H,8-11,17H2,1-2H3. The Balaban J connectivity index is 1.88. The van der Waals surface area contributed by atoms with Crippen LogP contribution in [0.15, 0.2) is 30.3 Å². The van der Waals surface area contributed by atoms with Gasteiger partial charge in [-0.1, -0.05) is 37.3 Å². The fourth-order valence-electron chi connectivity index (χ4n) is 2.55. The summed E-state index contributed by atoms with van der Waals surface area (Å²) in [5.41, 5.74) is 7.35. The zero-order valence-electron chi connectivity index (χ0n) is 12.3. The van der Waals surface area contributed by atoms with Gasteiger partial charge in [0.2, 0.25) is 5.91 Å². The summed E-state index contributed by atoms with van der Waals surface area (Å²) in [6, 6.07) is 10.1. The van der Waals surface area contributed by atoms with Gasteiger partial charge in [0.15, 0.2) is 0 Å². The largest absolute Gasteiger partial charge is 0.337 e. The molecule has 0 spiro atoms. The van der Waals surface area contributed by atoms with E-state index in [2.05, 4.69) is 26.0 Å². The molecule has 0 aromatic heterocycles. The topological polar surface area (TPSA) is 46.3 Å². The second-order valence-corrected chi connectivity index (χ2v) is 6.96. The summed E-state index contributed by atoms with van der Waals surface area (Å²) in [4.78, 5) is 14.4. The van der Waals surface area contributed by atoms with Crippen molar-refractivity contribution in [3.05, 3.63) is 35.9 Å². The van der Waals surface area contributed by atoms with Crippen molar-refractivity contribution >= 4 is 17.7 Å². The van der Waals surface area contributed by atoms with E-state index in [9.17, 15) is 4.79 Å². The maximum atomic E-state index is 12.5. The second-order valence-electron chi connectivity index (χ2n) is 5.48. The Hall–Kier alpha value is -1.00. The number of rotatable bonds is 4. The molecule has 1 fully saturated rings. The van der Waals surface area contributed by atoms with Gasteiger partial charge in [0.1, 0.15) is 0 Å². The van der Waals surface area contributed by atoms with Crippen molar-refractivity contribution in [2.75, 3.05) is 12.3 Å². The number of hydrogen-bond donors (Lipinski definition) is 1. The lowest BCUT2D eigenvalue weighted by atomic mass is 10.0. The minimum absolute atomic E-state index is 0.112. The van der Waals surface area contributed by atoms with Crippen molar-refractivity contribution in [3.8, 4) is 0 Å². The van der Waals surface area contributed by atoms with Gasteiger partial charge >= 0.3 is 0 Å². The molecule has 1 amide bonds. The van der Waals surface area contributed by atoms with Gasteiger partial charge in [-0.25, -0.2) is 0 Å². The van der Waals surface area contributed by atoms with Crippen molar-refractivity contribution in [1.29, 1.82) is 0 Å². The van der Waals surface area contributed by atoms with Crippen LogP contribution in [-0.4, -0.2) is 40.4 Å². The van der Waals surface area contributed by atoms with Gasteiger partial charge in [0, 0.05) is 23.6 Å². The summed E-state index contributed by atoms with van der Waals surface area (Å²) >= 11 is 1.93. The molecule has 1 aliphatic rings. The summed E-state index contributed by atoms with van der Waals surface area (Å²) in [7, 11) is 0. The average Bonchev–Trinajstić information content (AvgIpc) is 2.48. The number of aryl methyl sites for hydroxylation is 1. The Bertz CT molecular complexity index is 437. The lowest BCUT2D eigenvalue weighted by molar-refractivity contribution is -0.134. The van der Waals surface area contributed by atoms with Crippen LogP contribution in [0, 0.1) is 0 Å². The summed E-state index contributed by atoms with van der Waals surface area (Å²) in [6.07, 6.45) is 1.58. The highest BCUT2D eigenvalue weighted by Crippen LogP contribution is 2.24. The Morgan fingerprint density at radius 2 is 2.10 bits per heavy atom. The minimum atomic E-state index is -0.382. The fraction of sp³-hybridized carbons (Fsp3) is 0.562. The van der Waals surface area contributed by atoms with Crippen molar-refractivity contribution in [2.45, 2.75) is 44.0 Å². The smallest absolute Gasteiger partial charge is 0.239 e. The van der Waals surface area contributed by atoms with E-state index in [1.54, 1.807) is 0 Å². The zero-order valence-corrected chi connectivity index (χ0v) is 13.1. The van der Waals surface area contributed by atoms with Crippen LogP contribution in [0.4, 0.5) is 0 Å². The van der Waals surface area contributed by atoms with Gasteiger partial charge in [0.25, 0.3) is 0 Å². The third-order valence-electron chi connectivity index (χ3n) is 4.07. The summed E-state index contributed by atoms with van der Waals surface area (Å²) < 4.78 is 0. The highest BCUT2D eigenvalue weighted by Gasteiger charge is 2.31. The molecule has 3 atom stereocenters. The Kier molecular flexibility index (Phi) is 5.49. The van der Waals surface area contributed by atoms with Crippen LogP contribution in [0.2, 0.25) is 0 Å². The van der Waals surface area contributed by atoms with E-state index in [1.165, 1.54) is 5.56 Å². The van der Waals surface area contributed by atoms with Crippen LogP contribution in [0.5, 0.6) is 0 Å². The number of carbonyl (C=O) groups excluding carboxylic acids is 1. The van der Waals surface area contributed by atoms with E-state index in [4.69, 9.17) is 5.73 Å². The molecule has 0 bridgehead atoms. The van der Waals surface area contributed by atoms with Crippen LogP contribution in [0.3, 0.4) is 0 Å². The Labute approximate surface area is 125 Å². The highest BCUT2D eigenvalue weighted by atomic mass is 32.2. The number of nitrogens with zero attached hydrogens (tertiary/aromatic N) is 1. The van der Waals surface area contributed by atoms with E-state index in [-0.39, 0.29) is 18.0 Å². The van der Waals surface area contributed by atoms with Crippen molar-refractivity contribution in [2.24, 2.45) is 5.73 Å². The molecule has 3 nitrogen and oxygen atoms in total. The van der Waals surface area contributed by atoms with E-state index >= 15 is 0 Å². The minimum Gasteiger partial charge on any atom is -0.337 e. The lowest BCUT2D eigenvalue weighted by Crippen LogP contribution is -2.53. The van der Waals surface area contributed by atoms with Gasteiger partial charge < -0.3 is 10.6 Å². The molecule has 0 aliphatic carbocycles. The lowest BCUT2D eigenvalue weighted by Gasteiger charge is -2.38. The van der Waals surface area contributed by atoms with E-state index in [0.717, 1.165) is 18.7 Å². The predicted molar refractivity (Wildman–Crippen MR) is 85.8 cm³/mol. The number of thioether (sulfide) groups is 1. The van der Waals surface area contributed by atoms with Gasteiger partial charge in [0.05, 0.1) is 6.04 Å². The number of hydrogen-bond acceptors (Lipinski definition) is 3. The fourth-order valence-corrected chi connectivity index (χ4v) is 3.65. The molecule has 3 unspecified atom stereocenters. The SMILES string of the molecule is CC1SCCN(C(=O)C(N)CCc2ccccc2)C1C. The second kappa shape index (κ2) is 7.14. The first-order chi connectivity index (χ1) is 9.59. The van der Waals surface area contributed by atoms with Crippen molar-refractivity contribution in [1.82, 2.24) is 4.90 Å². The maximum absolute atomic E-state index is 12.5. The molecule has 1 aliphatic heterocycles. The number of amides is 1. The number of nitrogens with two attached hydrogens (primary N) is 1. The third kappa shape index (κ3) is 3.76. The van der Waals surface area contributed by atoms with Gasteiger partial charge in [-0.2, -0.15) is 11.8 Å². The maximum Gasteiger partial charge on any atom is 0.239 e. The van der Waals surface area contributed by atoms with Crippen LogP contribution in [0.1, 0.15) is 25.8 Å². The third-order valence-corrected chi connectivity index (χ3v) is 5.41. The predicted octanol–water partition coefficient (Wildman–Crippen LogP) is 2.30. The molecule has 4 heteroatoms. The molecule has 0 saturated carbocycles. The van der Waals surface area contributed by atoms with Gasteiger partial charge in [-0.3, -0.25) is 4.79 Å². The van der Waals surface area contributed by atoms with Crippen molar-refractivity contribution in [3.63, 3.8) is 0 Å². The van der Waals surface area contributed by atoms with E-state index in [1.807, 2.05) is 34.9 Å². The summed E-state index contributed by atoms with van der Waals surface area (Å²) in [6.45, 7) is 5.14. The van der Waals surface area contributed by atoms with E-state index < -0.39 is 0 Å². The first-order valence-corrected chi connectivity index (χ1v) is 8.36. The molecular weight excluding hydrogens is 268 g/mol. The first-order valence-electron chi connectivity index (χ1n) is 7.31. The molecule has 1 heterocycles. The molecule has 0 radical (unpaired) electrons. The normalized spacial score (nSPS) is 24.4. The number of carbonyl (C=O) groups is 1. The molecular formula is C16H24N2OS. The van der Waals surface area contributed by atoms with Crippen LogP contribution in [-0.2, 0) is 11.2 Å². The van der Waals surface area contributed by atoms with Crippen molar-refractivity contribution < 1.29 is 4.79 Å². The van der Waals surface area contributed by atoms with Crippen LogP contribution < -0.4 is 5.73 Å².